The molecular formula is C14H26N4O. The van der Waals surface area contributed by atoms with E-state index in [1.807, 2.05) is 0 Å². The number of aryl methyl sites for hydroxylation is 1. The molecule has 108 valence electrons. The van der Waals surface area contributed by atoms with Crippen LogP contribution in [0.25, 0.3) is 0 Å². The third-order valence-corrected chi connectivity index (χ3v) is 3.80. The van der Waals surface area contributed by atoms with Crippen molar-refractivity contribution in [1.29, 1.82) is 0 Å². The molecule has 0 radical (unpaired) electrons. The van der Waals surface area contributed by atoms with Crippen molar-refractivity contribution in [2.45, 2.75) is 52.0 Å². The van der Waals surface area contributed by atoms with Gasteiger partial charge in [-0.1, -0.05) is 18.5 Å². The number of likely N-dealkylation sites (tertiary alicyclic amines) is 1. The Morgan fingerprint density at radius 2 is 2.37 bits per heavy atom. The van der Waals surface area contributed by atoms with Crippen LogP contribution in [0, 0.1) is 5.92 Å². The topological polar surface area (TPSA) is 68.2 Å². The van der Waals surface area contributed by atoms with Crippen molar-refractivity contribution in [1.82, 2.24) is 15.0 Å². The van der Waals surface area contributed by atoms with Gasteiger partial charge in [-0.25, -0.2) is 0 Å². The summed E-state index contributed by atoms with van der Waals surface area (Å²) < 4.78 is 5.33. The lowest BCUT2D eigenvalue weighted by molar-refractivity contribution is 0.146. The number of piperidine rings is 1. The maximum Gasteiger partial charge on any atom is 0.240 e. The molecule has 1 aromatic rings. The predicted molar refractivity (Wildman–Crippen MR) is 74.6 cm³/mol. The summed E-state index contributed by atoms with van der Waals surface area (Å²) in [4.78, 5) is 6.89. The Morgan fingerprint density at radius 1 is 1.47 bits per heavy atom. The largest absolute Gasteiger partial charge is 0.338 e. The fourth-order valence-electron chi connectivity index (χ4n) is 2.75. The fraction of sp³-hybridized carbons (Fsp3) is 0.857. The van der Waals surface area contributed by atoms with Crippen molar-refractivity contribution >= 4 is 0 Å². The third kappa shape index (κ3) is 4.58. The highest BCUT2D eigenvalue weighted by Crippen LogP contribution is 2.20. The van der Waals surface area contributed by atoms with Crippen LogP contribution in [0.1, 0.15) is 50.7 Å². The van der Waals surface area contributed by atoms with Crippen LogP contribution in [0.4, 0.5) is 0 Å². The molecule has 1 aliphatic heterocycles. The molecule has 2 rings (SSSR count). The van der Waals surface area contributed by atoms with Crippen LogP contribution in [-0.4, -0.2) is 34.7 Å². The molecule has 5 heteroatoms. The molecule has 2 heterocycles. The van der Waals surface area contributed by atoms with Crippen molar-refractivity contribution in [3.05, 3.63) is 11.7 Å². The molecule has 0 saturated carbocycles. The van der Waals surface area contributed by atoms with Gasteiger partial charge in [-0.05, 0) is 44.7 Å². The van der Waals surface area contributed by atoms with Gasteiger partial charge in [0.15, 0.2) is 5.82 Å². The fourth-order valence-corrected chi connectivity index (χ4v) is 2.75. The summed E-state index contributed by atoms with van der Waals surface area (Å²) in [5, 5.41) is 4.04. The minimum absolute atomic E-state index is 0.737. The quantitative estimate of drug-likeness (QED) is 0.817. The lowest BCUT2D eigenvalue weighted by Crippen LogP contribution is -2.35. The number of nitrogens with two attached hydrogens (primary N) is 1. The van der Waals surface area contributed by atoms with Gasteiger partial charge >= 0.3 is 0 Å². The molecule has 0 aliphatic carbocycles. The number of aromatic nitrogens is 2. The number of unbranched alkanes of at least 4 members (excludes halogenated alkanes) is 1. The average molecular weight is 266 g/mol. The Labute approximate surface area is 115 Å². The zero-order valence-electron chi connectivity index (χ0n) is 12.0. The van der Waals surface area contributed by atoms with Gasteiger partial charge in [0.25, 0.3) is 0 Å². The van der Waals surface area contributed by atoms with Crippen LogP contribution >= 0.6 is 0 Å². The van der Waals surface area contributed by atoms with Gasteiger partial charge in [-0.3, -0.25) is 4.90 Å². The van der Waals surface area contributed by atoms with Crippen LogP contribution in [0.15, 0.2) is 4.52 Å². The smallest absolute Gasteiger partial charge is 0.240 e. The van der Waals surface area contributed by atoms with Gasteiger partial charge in [-0.15, -0.1) is 0 Å². The van der Waals surface area contributed by atoms with E-state index < -0.39 is 0 Å². The maximum atomic E-state index is 5.65. The Hall–Kier alpha value is -0.940. The maximum absolute atomic E-state index is 5.65. The van der Waals surface area contributed by atoms with E-state index in [1.54, 1.807) is 0 Å². The molecule has 1 aromatic heterocycles. The molecule has 5 nitrogen and oxygen atoms in total. The normalized spacial score (nSPS) is 20.8. The molecular weight excluding hydrogens is 240 g/mol. The highest BCUT2D eigenvalue weighted by atomic mass is 16.5. The van der Waals surface area contributed by atoms with Crippen LogP contribution in [0.3, 0.4) is 0 Å². The van der Waals surface area contributed by atoms with Crippen molar-refractivity contribution in [2.75, 3.05) is 19.6 Å². The van der Waals surface area contributed by atoms with E-state index in [0.29, 0.717) is 0 Å². The van der Waals surface area contributed by atoms with E-state index >= 15 is 0 Å². The SMILES string of the molecule is CCCCc1noc(CN2CCCC(CCN)C2)n1. The Bertz CT molecular complexity index is 364. The molecule has 1 unspecified atom stereocenters. The molecule has 1 atom stereocenters. The van der Waals surface area contributed by atoms with Crippen molar-refractivity contribution in [3.8, 4) is 0 Å². The van der Waals surface area contributed by atoms with Crippen LogP contribution < -0.4 is 5.73 Å². The number of nitrogens with zero attached hydrogens (tertiary/aromatic N) is 3. The zero-order chi connectivity index (χ0) is 13.5. The molecule has 1 saturated heterocycles. The van der Waals surface area contributed by atoms with Gasteiger partial charge in [0.2, 0.25) is 5.89 Å². The first-order valence-corrected chi connectivity index (χ1v) is 7.55. The van der Waals surface area contributed by atoms with Gasteiger partial charge in [-0.2, -0.15) is 4.98 Å². The molecule has 2 N–H and O–H groups in total. The van der Waals surface area contributed by atoms with Crippen molar-refractivity contribution < 1.29 is 4.52 Å². The van der Waals surface area contributed by atoms with Crippen LogP contribution in [0.5, 0.6) is 0 Å². The van der Waals surface area contributed by atoms with Gasteiger partial charge in [0.1, 0.15) is 0 Å². The van der Waals surface area contributed by atoms with E-state index in [2.05, 4.69) is 22.0 Å². The first-order valence-electron chi connectivity index (χ1n) is 7.55. The molecule has 19 heavy (non-hydrogen) atoms. The molecule has 0 bridgehead atoms. The summed E-state index contributed by atoms with van der Waals surface area (Å²) in [6.07, 6.45) is 6.90. The number of rotatable bonds is 7. The monoisotopic (exact) mass is 266 g/mol. The lowest BCUT2D eigenvalue weighted by Gasteiger charge is -2.31. The summed E-state index contributed by atoms with van der Waals surface area (Å²) in [6.45, 7) is 6.00. The van der Waals surface area contributed by atoms with E-state index in [9.17, 15) is 0 Å². The summed E-state index contributed by atoms with van der Waals surface area (Å²) in [5.41, 5.74) is 5.65. The Morgan fingerprint density at radius 3 is 3.16 bits per heavy atom. The van der Waals surface area contributed by atoms with E-state index in [1.165, 1.54) is 12.8 Å². The highest BCUT2D eigenvalue weighted by molar-refractivity contribution is 4.87. The highest BCUT2D eigenvalue weighted by Gasteiger charge is 2.21. The lowest BCUT2D eigenvalue weighted by atomic mass is 9.95. The number of hydrogen-bond donors (Lipinski definition) is 1. The molecule has 0 spiro atoms. The second-order valence-electron chi connectivity index (χ2n) is 5.53. The van der Waals surface area contributed by atoms with Crippen LogP contribution in [-0.2, 0) is 13.0 Å². The molecule has 1 aliphatic rings. The second kappa shape index (κ2) is 7.60. The van der Waals surface area contributed by atoms with Crippen molar-refractivity contribution in [2.24, 2.45) is 11.7 Å². The van der Waals surface area contributed by atoms with E-state index in [-0.39, 0.29) is 0 Å². The van der Waals surface area contributed by atoms with Gasteiger partial charge in [0.05, 0.1) is 6.54 Å². The predicted octanol–water partition coefficient (Wildman–Crippen LogP) is 1.97. The standard InChI is InChI=1S/C14H26N4O/c1-2-3-6-13-16-14(19-17-13)11-18-9-4-5-12(10-18)7-8-15/h12H,2-11,15H2,1H3. The van der Waals surface area contributed by atoms with E-state index in [0.717, 1.165) is 69.5 Å². The van der Waals surface area contributed by atoms with E-state index in [4.69, 9.17) is 10.3 Å². The average Bonchev–Trinajstić information content (AvgIpc) is 2.85. The second-order valence-corrected chi connectivity index (χ2v) is 5.53. The Kier molecular flexibility index (Phi) is 5.79. The minimum atomic E-state index is 0.737. The van der Waals surface area contributed by atoms with Crippen molar-refractivity contribution in [3.63, 3.8) is 0 Å². The summed E-state index contributed by atoms with van der Waals surface area (Å²) >= 11 is 0. The molecule has 0 aromatic carbocycles. The minimum Gasteiger partial charge on any atom is -0.338 e. The summed E-state index contributed by atoms with van der Waals surface area (Å²) in [7, 11) is 0. The van der Waals surface area contributed by atoms with Crippen LogP contribution in [0.2, 0.25) is 0 Å². The first-order chi connectivity index (χ1) is 9.31. The van der Waals surface area contributed by atoms with Gasteiger partial charge in [0, 0.05) is 13.0 Å². The third-order valence-electron chi connectivity index (χ3n) is 3.80. The summed E-state index contributed by atoms with van der Waals surface area (Å²) in [5.74, 6) is 2.35. The molecule has 0 amide bonds. The number of hydrogen-bond acceptors (Lipinski definition) is 5. The summed E-state index contributed by atoms with van der Waals surface area (Å²) in [6, 6.07) is 0. The zero-order valence-corrected chi connectivity index (χ0v) is 12.0. The Balaban J connectivity index is 1.81. The first kappa shape index (κ1) is 14.5. The van der Waals surface area contributed by atoms with Gasteiger partial charge < -0.3 is 10.3 Å². The molecule has 1 fully saturated rings.